The number of amides is 1. The lowest BCUT2D eigenvalue weighted by Crippen LogP contribution is -2.40. The maximum Gasteiger partial charge on any atom is 0.252 e. The van der Waals surface area contributed by atoms with E-state index in [1.54, 1.807) is 12.1 Å². The van der Waals surface area contributed by atoms with Gasteiger partial charge in [0.15, 0.2) is 6.20 Å². The molecule has 0 aliphatic carbocycles. The predicted molar refractivity (Wildman–Crippen MR) is 86.3 cm³/mol. The summed E-state index contributed by atoms with van der Waals surface area (Å²) in [6, 6.07) is 13.5. The van der Waals surface area contributed by atoms with E-state index in [-0.39, 0.29) is 11.2 Å². The Morgan fingerprint density at radius 1 is 1.23 bits per heavy atom. The highest BCUT2D eigenvalue weighted by atomic mass is 32.2. The lowest BCUT2D eigenvalue weighted by Gasteiger charge is -2.30. The minimum absolute atomic E-state index is 0.0864. The Morgan fingerprint density at radius 2 is 1.95 bits per heavy atom. The van der Waals surface area contributed by atoms with Gasteiger partial charge in [0.1, 0.15) is 0 Å². The SMILES string of the molecule is C[C@H](Sc1cccc[n+]1[O-])C(=O)N1CCc2ccccc2C1. The van der Waals surface area contributed by atoms with Crippen molar-refractivity contribution < 1.29 is 9.52 Å². The Balaban J connectivity index is 1.68. The molecule has 0 N–H and O–H groups in total. The minimum atomic E-state index is -0.270. The zero-order valence-corrected chi connectivity index (χ0v) is 13.3. The van der Waals surface area contributed by atoms with E-state index >= 15 is 0 Å². The number of nitrogens with zero attached hydrogens (tertiary/aromatic N) is 2. The Bertz CT molecular complexity index is 690. The Kier molecular flexibility index (Phi) is 4.34. The van der Waals surface area contributed by atoms with Crippen molar-refractivity contribution in [3.8, 4) is 0 Å². The summed E-state index contributed by atoms with van der Waals surface area (Å²) in [5.74, 6) is 0.0864. The van der Waals surface area contributed by atoms with Gasteiger partial charge in [-0.05, 0) is 42.3 Å². The van der Waals surface area contributed by atoms with E-state index in [1.165, 1.54) is 29.1 Å². The van der Waals surface area contributed by atoms with Crippen LogP contribution in [0, 0.1) is 5.21 Å². The number of hydrogen-bond acceptors (Lipinski definition) is 3. The molecule has 0 radical (unpaired) electrons. The normalized spacial score (nSPS) is 15.2. The van der Waals surface area contributed by atoms with Crippen LogP contribution in [-0.4, -0.2) is 22.6 Å². The van der Waals surface area contributed by atoms with Crippen molar-refractivity contribution in [3.05, 3.63) is 65.0 Å². The first-order valence-corrected chi connectivity index (χ1v) is 8.23. The van der Waals surface area contributed by atoms with E-state index in [1.807, 2.05) is 30.0 Å². The highest BCUT2D eigenvalue weighted by Crippen LogP contribution is 2.24. The lowest BCUT2D eigenvalue weighted by atomic mass is 10.00. The summed E-state index contributed by atoms with van der Waals surface area (Å²) in [4.78, 5) is 14.5. The number of carbonyl (C=O) groups excluding carboxylic acids is 1. The second kappa shape index (κ2) is 6.40. The molecule has 1 atom stereocenters. The number of benzene rings is 1. The number of pyridine rings is 1. The van der Waals surface area contributed by atoms with Gasteiger partial charge in [-0.25, -0.2) is 0 Å². The van der Waals surface area contributed by atoms with Crippen LogP contribution >= 0.6 is 11.8 Å². The highest BCUT2D eigenvalue weighted by molar-refractivity contribution is 8.00. The molecule has 1 aromatic heterocycles. The van der Waals surface area contributed by atoms with Gasteiger partial charge in [-0.2, -0.15) is 4.73 Å². The third-order valence-electron chi connectivity index (χ3n) is 3.88. The van der Waals surface area contributed by atoms with Crippen molar-refractivity contribution in [3.63, 3.8) is 0 Å². The van der Waals surface area contributed by atoms with Crippen molar-refractivity contribution in [2.24, 2.45) is 0 Å². The lowest BCUT2D eigenvalue weighted by molar-refractivity contribution is -0.645. The van der Waals surface area contributed by atoms with Crippen LogP contribution in [-0.2, 0) is 17.8 Å². The molecular weight excluding hydrogens is 296 g/mol. The summed E-state index contributed by atoms with van der Waals surface area (Å²) in [7, 11) is 0. The summed E-state index contributed by atoms with van der Waals surface area (Å²) < 4.78 is 0.806. The molecule has 4 nitrogen and oxygen atoms in total. The van der Waals surface area contributed by atoms with E-state index in [4.69, 9.17) is 0 Å². The van der Waals surface area contributed by atoms with E-state index < -0.39 is 0 Å². The molecule has 1 aliphatic rings. The van der Waals surface area contributed by atoms with Crippen molar-refractivity contribution in [1.82, 2.24) is 4.90 Å². The standard InChI is InChI=1S/C17H18N2O2S/c1-13(22-16-8-4-5-10-19(16)21)17(20)18-11-9-14-6-2-3-7-15(14)12-18/h2-8,10,13H,9,11-12H2,1H3/t13-/m0/s1. The van der Waals surface area contributed by atoms with E-state index in [0.717, 1.165) is 17.7 Å². The van der Waals surface area contributed by atoms with Gasteiger partial charge in [0.05, 0.1) is 5.25 Å². The fourth-order valence-electron chi connectivity index (χ4n) is 2.68. The number of thioether (sulfide) groups is 1. The van der Waals surface area contributed by atoms with Gasteiger partial charge in [0.25, 0.3) is 5.03 Å². The molecule has 0 bridgehead atoms. The van der Waals surface area contributed by atoms with Gasteiger partial charge in [-0.3, -0.25) is 4.79 Å². The van der Waals surface area contributed by atoms with Crippen molar-refractivity contribution in [1.29, 1.82) is 0 Å². The molecular formula is C17H18N2O2S. The first kappa shape index (κ1) is 14.9. The van der Waals surface area contributed by atoms with Gasteiger partial charge in [0.2, 0.25) is 5.91 Å². The number of aromatic nitrogens is 1. The predicted octanol–water partition coefficient (Wildman–Crippen LogP) is 2.39. The van der Waals surface area contributed by atoms with Gasteiger partial charge in [-0.15, -0.1) is 0 Å². The molecule has 0 fully saturated rings. The van der Waals surface area contributed by atoms with Gasteiger partial charge in [0, 0.05) is 25.2 Å². The van der Waals surface area contributed by atoms with Gasteiger partial charge >= 0.3 is 0 Å². The Morgan fingerprint density at radius 3 is 2.73 bits per heavy atom. The number of hydrogen-bond donors (Lipinski definition) is 0. The summed E-state index contributed by atoms with van der Waals surface area (Å²) in [5, 5.41) is 12.0. The molecule has 0 saturated heterocycles. The number of rotatable bonds is 3. The van der Waals surface area contributed by atoms with Crippen LogP contribution < -0.4 is 4.73 Å². The van der Waals surface area contributed by atoms with Crippen LogP contribution in [0.5, 0.6) is 0 Å². The van der Waals surface area contributed by atoms with Crippen LogP contribution in [0.25, 0.3) is 0 Å². The molecule has 114 valence electrons. The van der Waals surface area contributed by atoms with Crippen molar-refractivity contribution >= 4 is 17.7 Å². The summed E-state index contributed by atoms with van der Waals surface area (Å²) in [5.41, 5.74) is 2.55. The topological polar surface area (TPSA) is 47.2 Å². The molecule has 1 aromatic carbocycles. The van der Waals surface area contributed by atoms with Crippen LogP contribution in [0.3, 0.4) is 0 Å². The first-order valence-electron chi connectivity index (χ1n) is 7.35. The molecule has 0 saturated carbocycles. The molecule has 22 heavy (non-hydrogen) atoms. The third kappa shape index (κ3) is 3.09. The van der Waals surface area contributed by atoms with E-state index in [9.17, 15) is 10.0 Å². The van der Waals surface area contributed by atoms with Crippen LogP contribution in [0.1, 0.15) is 18.1 Å². The molecule has 2 heterocycles. The Hall–Kier alpha value is -2.01. The molecule has 0 unspecified atom stereocenters. The van der Waals surface area contributed by atoms with E-state index in [0.29, 0.717) is 11.6 Å². The molecule has 5 heteroatoms. The maximum absolute atomic E-state index is 12.6. The first-order chi connectivity index (χ1) is 10.6. The maximum atomic E-state index is 12.6. The van der Waals surface area contributed by atoms with Crippen LogP contribution in [0.15, 0.2) is 53.7 Å². The molecule has 1 amide bonds. The fourth-order valence-corrected chi connectivity index (χ4v) is 3.61. The summed E-state index contributed by atoms with van der Waals surface area (Å²) >= 11 is 1.31. The van der Waals surface area contributed by atoms with Crippen LogP contribution in [0.4, 0.5) is 0 Å². The zero-order valence-electron chi connectivity index (χ0n) is 12.4. The summed E-state index contributed by atoms with van der Waals surface area (Å²) in [6.45, 7) is 3.26. The third-order valence-corrected chi connectivity index (χ3v) is 4.99. The largest absolute Gasteiger partial charge is 0.618 e. The summed E-state index contributed by atoms with van der Waals surface area (Å²) in [6.07, 6.45) is 2.35. The highest BCUT2D eigenvalue weighted by Gasteiger charge is 2.26. The average molecular weight is 314 g/mol. The van der Waals surface area contributed by atoms with E-state index in [2.05, 4.69) is 12.1 Å². The number of carbonyl (C=O) groups is 1. The molecule has 3 rings (SSSR count). The molecule has 2 aromatic rings. The number of fused-ring (bicyclic) bond motifs is 1. The minimum Gasteiger partial charge on any atom is -0.618 e. The monoisotopic (exact) mass is 314 g/mol. The average Bonchev–Trinajstić information content (AvgIpc) is 2.55. The zero-order chi connectivity index (χ0) is 15.5. The molecule has 1 aliphatic heterocycles. The second-order valence-corrected chi connectivity index (χ2v) is 6.76. The second-order valence-electron chi connectivity index (χ2n) is 5.40. The van der Waals surface area contributed by atoms with Crippen LogP contribution in [0.2, 0.25) is 0 Å². The van der Waals surface area contributed by atoms with Gasteiger partial charge in [-0.1, -0.05) is 24.3 Å². The smallest absolute Gasteiger partial charge is 0.252 e. The van der Waals surface area contributed by atoms with Crippen molar-refractivity contribution in [2.75, 3.05) is 6.54 Å². The molecule has 0 spiro atoms. The van der Waals surface area contributed by atoms with Crippen molar-refractivity contribution in [2.45, 2.75) is 30.2 Å². The van der Waals surface area contributed by atoms with Gasteiger partial charge < -0.3 is 10.1 Å². The Labute approximate surface area is 134 Å². The quantitative estimate of drug-likeness (QED) is 0.496. The fraction of sp³-hybridized carbons (Fsp3) is 0.294.